The van der Waals surface area contributed by atoms with Crippen molar-refractivity contribution < 1.29 is 8.42 Å². The third-order valence-electron chi connectivity index (χ3n) is 4.72. The van der Waals surface area contributed by atoms with Crippen LogP contribution in [0.1, 0.15) is 50.7 Å². The van der Waals surface area contributed by atoms with Gasteiger partial charge >= 0.3 is 0 Å². The summed E-state index contributed by atoms with van der Waals surface area (Å²) in [5, 5.41) is -0.198. The largest absolute Gasteiger partial charge is 0.254 e. The molecule has 2 aromatic carbocycles. The van der Waals surface area contributed by atoms with Gasteiger partial charge in [0.1, 0.15) is 0 Å². The Morgan fingerprint density at radius 3 is 1.54 bits per heavy atom. The molecule has 0 aromatic heterocycles. The SMILES string of the molecule is CCCC[C@@H]([C@H](CC)S(=O)c1ccc(C)cc1)S(=O)c1ccc(C)cc1. The van der Waals surface area contributed by atoms with Crippen LogP contribution in [0.15, 0.2) is 58.3 Å². The van der Waals surface area contributed by atoms with Gasteiger partial charge < -0.3 is 0 Å². The van der Waals surface area contributed by atoms with Gasteiger partial charge in [-0.15, -0.1) is 0 Å². The normalized spacial score (nSPS) is 16.0. The lowest BCUT2D eigenvalue weighted by molar-refractivity contribution is 0.596. The number of hydrogen-bond acceptors (Lipinski definition) is 2. The van der Waals surface area contributed by atoms with E-state index in [0.29, 0.717) is 0 Å². The molecule has 26 heavy (non-hydrogen) atoms. The Morgan fingerprint density at radius 2 is 1.15 bits per heavy atom. The number of benzene rings is 2. The van der Waals surface area contributed by atoms with E-state index < -0.39 is 21.6 Å². The predicted molar refractivity (Wildman–Crippen MR) is 113 cm³/mol. The lowest BCUT2D eigenvalue weighted by atomic mass is 10.1. The van der Waals surface area contributed by atoms with Gasteiger partial charge in [-0.05, 0) is 51.0 Å². The van der Waals surface area contributed by atoms with E-state index in [9.17, 15) is 8.42 Å². The van der Waals surface area contributed by atoms with E-state index in [1.807, 2.05) is 62.4 Å². The third kappa shape index (κ3) is 5.37. The summed E-state index contributed by atoms with van der Waals surface area (Å²) in [6.45, 7) is 8.26. The molecule has 2 nitrogen and oxygen atoms in total. The zero-order chi connectivity index (χ0) is 19.1. The average molecular weight is 391 g/mol. The topological polar surface area (TPSA) is 34.1 Å². The van der Waals surface area contributed by atoms with Crippen LogP contribution < -0.4 is 0 Å². The first-order chi connectivity index (χ1) is 12.5. The summed E-state index contributed by atoms with van der Waals surface area (Å²) >= 11 is 0. The van der Waals surface area contributed by atoms with Crippen molar-refractivity contribution in [3.63, 3.8) is 0 Å². The molecule has 4 heteroatoms. The van der Waals surface area contributed by atoms with Crippen molar-refractivity contribution in [2.45, 2.75) is 73.7 Å². The third-order valence-corrected chi connectivity index (χ3v) is 8.69. The van der Waals surface area contributed by atoms with Gasteiger partial charge in [-0.3, -0.25) is 8.42 Å². The summed E-state index contributed by atoms with van der Waals surface area (Å²) in [7, 11) is -2.31. The highest BCUT2D eigenvalue weighted by Crippen LogP contribution is 2.27. The first kappa shape index (κ1) is 21.0. The Labute approximate surface area is 163 Å². The fourth-order valence-corrected chi connectivity index (χ4v) is 6.76. The van der Waals surface area contributed by atoms with Crippen LogP contribution in [-0.2, 0) is 21.6 Å². The van der Waals surface area contributed by atoms with Gasteiger partial charge in [-0.2, -0.15) is 0 Å². The zero-order valence-corrected chi connectivity index (χ0v) is 17.9. The maximum Gasteiger partial charge on any atom is 0.0573 e. The van der Waals surface area contributed by atoms with Crippen LogP contribution in [0.3, 0.4) is 0 Å². The Bertz CT molecular complexity index is 736. The highest BCUT2D eigenvalue weighted by Gasteiger charge is 2.31. The summed E-state index contributed by atoms with van der Waals surface area (Å²) in [6, 6.07) is 15.8. The van der Waals surface area contributed by atoms with E-state index in [0.717, 1.165) is 46.6 Å². The van der Waals surface area contributed by atoms with Gasteiger partial charge in [-0.25, -0.2) is 0 Å². The molecular weight excluding hydrogens is 360 g/mol. The van der Waals surface area contributed by atoms with Gasteiger partial charge in [0.15, 0.2) is 0 Å². The summed E-state index contributed by atoms with van der Waals surface area (Å²) in [4.78, 5) is 1.68. The molecule has 0 bridgehead atoms. The fraction of sp³-hybridized carbons (Fsp3) is 0.455. The molecule has 0 N–H and O–H groups in total. The van der Waals surface area contributed by atoms with E-state index in [1.54, 1.807) is 0 Å². The summed E-state index contributed by atoms with van der Waals surface area (Å²) in [5.41, 5.74) is 2.32. The predicted octanol–water partition coefficient (Wildman–Crippen LogP) is 5.56. The summed E-state index contributed by atoms with van der Waals surface area (Å²) in [6.07, 6.45) is 3.65. The van der Waals surface area contributed by atoms with Gasteiger partial charge in [0.05, 0.1) is 32.1 Å². The minimum Gasteiger partial charge on any atom is -0.254 e. The van der Waals surface area contributed by atoms with Crippen LogP contribution in [0.5, 0.6) is 0 Å². The number of rotatable bonds is 9. The molecule has 0 saturated heterocycles. The molecular formula is C22H30O2S2. The minimum absolute atomic E-state index is 0.0928. The van der Waals surface area contributed by atoms with Crippen LogP contribution in [0.25, 0.3) is 0 Å². The number of aryl methyl sites for hydroxylation is 2. The Kier molecular flexibility index (Phi) is 8.23. The molecule has 0 radical (unpaired) electrons. The molecule has 0 spiro atoms. The molecule has 2 rings (SSSR count). The second kappa shape index (κ2) is 10.2. The molecule has 0 heterocycles. The first-order valence-corrected chi connectivity index (χ1v) is 11.8. The van der Waals surface area contributed by atoms with Crippen molar-refractivity contribution in [3.8, 4) is 0 Å². The molecule has 0 amide bonds. The van der Waals surface area contributed by atoms with Gasteiger partial charge in [-0.1, -0.05) is 62.1 Å². The number of unbranched alkanes of at least 4 members (excludes halogenated alkanes) is 1. The monoisotopic (exact) mass is 390 g/mol. The Morgan fingerprint density at radius 1 is 0.731 bits per heavy atom. The fourth-order valence-electron chi connectivity index (χ4n) is 3.08. The number of hydrogen-bond donors (Lipinski definition) is 0. The zero-order valence-electron chi connectivity index (χ0n) is 16.2. The molecule has 0 aliphatic rings. The molecule has 2 unspecified atom stereocenters. The van der Waals surface area contributed by atoms with E-state index in [4.69, 9.17) is 0 Å². The van der Waals surface area contributed by atoms with E-state index in [2.05, 4.69) is 13.8 Å². The molecule has 2 aromatic rings. The van der Waals surface area contributed by atoms with Crippen LogP contribution in [-0.4, -0.2) is 18.9 Å². The van der Waals surface area contributed by atoms with Crippen molar-refractivity contribution in [1.82, 2.24) is 0 Å². The lowest BCUT2D eigenvalue weighted by Gasteiger charge is -2.25. The van der Waals surface area contributed by atoms with Crippen LogP contribution in [0, 0.1) is 13.8 Å². The van der Waals surface area contributed by atoms with E-state index >= 15 is 0 Å². The van der Waals surface area contributed by atoms with Gasteiger partial charge in [0, 0.05) is 9.79 Å². The minimum atomic E-state index is -1.15. The average Bonchev–Trinajstić information content (AvgIpc) is 2.65. The van der Waals surface area contributed by atoms with Crippen molar-refractivity contribution in [2.75, 3.05) is 0 Å². The van der Waals surface area contributed by atoms with Crippen molar-refractivity contribution in [2.24, 2.45) is 0 Å². The molecule has 0 aliphatic carbocycles. The van der Waals surface area contributed by atoms with Crippen LogP contribution in [0.2, 0.25) is 0 Å². The Balaban J connectivity index is 2.32. The standard InChI is InChI=1S/C22H30O2S2/c1-5-7-8-22(26(24)20-15-11-18(4)12-16-20)21(6-2)25(23)19-13-9-17(3)10-14-19/h9-16,21-22H,5-8H2,1-4H3/t21-,22-,25?,26?/m0/s1. The van der Waals surface area contributed by atoms with Crippen LogP contribution in [0.4, 0.5) is 0 Å². The molecule has 0 fully saturated rings. The van der Waals surface area contributed by atoms with Gasteiger partial charge in [0.2, 0.25) is 0 Å². The summed E-state index contributed by atoms with van der Waals surface area (Å²) in [5.74, 6) is 0. The maximum absolute atomic E-state index is 13.3. The second-order valence-electron chi connectivity index (χ2n) is 6.85. The molecule has 0 saturated carbocycles. The second-order valence-corrected chi connectivity index (χ2v) is 10.2. The van der Waals surface area contributed by atoms with Crippen molar-refractivity contribution in [3.05, 3.63) is 59.7 Å². The molecule has 0 aliphatic heterocycles. The highest BCUT2D eigenvalue weighted by molar-refractivity contribution is 7.89. The lowest BCUT2D eigenvalue weighted by Crippen LogP contribution is -2.34. The van der Waals surface area contributed by atoms with Crippen molar-refractivity contribution >= 4 is 21.6 Å². The van der Waals surface area contributed by atoms with E-state index in [-0.39, 0.29) is 10.5 Å². The van der Waals surface area contributed by atoms with Crippen LogP contribution >= 0.6 is 0 Å². The summed E-state index contributed by atoms with van der Waals surface area (Å²) < 4.78 is 26.6. The van der Waals surface area contributed by atoms with Crippen molar-refractivity contribution in [1.29, 1.82) is 0 Å². The Hall–Kier alpha value is -1.26. The molecule has 4 atom stereocenters. The van der Waals surface area contributed by atoms with E-state index in [1.165, 1.54) is 0 Å². The molecule has 142 valence electrons. The van der Waals surface area contributed by atoms with Gasteiger partial charge in [0.25, 0.3) is 0 Å². The maximum atomic E-state index is 13.3. The quantitative estimate of drug-likeness (QED) is 0.562. The highest BCUT2D eigenvalue weighted by atomic mass is 32.2. The smallest absolute Gasteiger partial charge is 0.0573 e. The first-order valence-electron chi connectivity index (χ1n) is 9.42.